The van der Waals surface area contributed by atoms with Gasteiger partial charge in [-0.1, -0.05) is 0 Å². The van der Waals surface area contributed by atoms with Crippen LogP contribution in [0.3, 0.4) is 0 Å². The first-order chi connectivity index (χ1) is 3.98. The number of aliphatic hydroxyl groups is 1. The molecule has 0 rings (SSSR count). The number of aliphatic hydroxyl groups excluding tert-OH is 1. The molecule has 0 aliphatic carbocycles. The third-order valence-electron chi connectivity index (χ3n) is 0.936. The average Bonchev–Trinajstić information content (AvgIpc) is 1.63. The van der Waals surface area contributed by atoms with Crippen molar-refractivity contribution < 1.29 is 9.84 Å². The lowest BCUT2D eigenvalue weighted by molar-refractivity contribution is -0.0842. The summed E-state index contributed by atoms with van der Waals surface area (Å²) in [6.45, 7) is 7.72. The van der Waals surface area contributed by atoms with Crippen LogP contribution in [0.1, 0.15) is 27.7 Å². The topological polar surface area (TPSA) is 29.5 Å². The van der Waals surface area contributed by atoms with Gasteiger partial charge in [0.1, 0.15) is 0 Å². The summed E-state index contributed by atoms with van der Waals surface area (Å²) in [5.74, 6) is 0. The summed E-state index contributed by atoms with van der Waals surface area (Å²) >= 11 is 0. The predicted molar refractivity (Wildman–Crippen MR) is 37.4 cm³/mol. The first kappa shape index (κ1) is 8.92. The molecule has 0 heterocycles. The van der Waals surface area contributed by atoms with Crippen LogP contribution in [0, 0.1) is 0 Å². The summed E-state index contributed by atoms with van der Waals surface area (Å²) in [6, 6.07) is 0. The summed E-state index contributed by atoms with van der Waals surface area (Å²) < 4.78 is 5.34. The molecule has 0 bridgehead atoms. The number of hydrogen-bond donors (Lipinski definition) is 1. The molecule has 0 amide bonds. The van der Waals surface area contributed by atoms with Gasteiger partial charge in [0.05, 0.1) is 18.3 Å². The Morgan fingerprint density at radius 3 is 2.00 bits per heavy atom. The molecule has 0 fully saturated rings. The van der Waals surface area contributed by atoms with E-state index < -0.39 is 0 Å². The monoisotopic (exact) mass is 132 g/mol. The summed E-state index contributed by atoms with van der Waals surface area (Å²) in [6.07, 6.45) is 0.187. The summed E-state index contributed by atoms with van der Waals surface area (Å²) in [5.41, 5.74) is -0.381. The molecule has 0 spiro atoms. The fourth-order valence-corrected chi connectivity index (χ4v) is 0.675. The number of rotatable bonds is 3. The van der Waals surface area contributed by atoms with Gasteiger partial charge in [-0.15, -0.1) is 0 Å². The van der Waals surface area contributed by atoms with Crippen LogP contribution in [0.4, 0.5) is 0 Å². The minimum Gasteiger partial charge on any atom is -0.393 e. The van der Waals surface area contributed by atoms with Crippen molar-refractivity contribution in [3.05, 3.63) is 0 Å². The summed E-state index contributed by atoms with van der Waals surface area (Å²) in [4.78, 5) is 0. The van der Waals surface area contributed by atoms with Gasteiger partial charge in [-0.2, -0.15) is 0 Å². The van der Waals surface area contributed by atoms with E-state index in [1.165, 1.54) is 0 Å². The molecule has 9 heavy (non-hydrogen) atoms. The van der Waals surface area contributed by atoms with E-state index in [-0.39, 0.29) is 18.3 Å². The van der Waals surface area contributed by atoms with E-state index in [1.807, 2.05) is 27.7 Å². The van der Waals surface area contributed by atoms with Crippen molar-refractivity contribution in [1.82, 2.24) is 0 Å². The van der Waals surface area contributed by atoms with Crippen molar-refractivity contribution in [2.24, 2.45) is 0 Å². The van der Waals surface area contributed by atoms with Gasteiger partial charge in [0.2, 0.25) is 0 Å². The SMILES string of the molecule is CC(C)OC(C)(C)CO. The molecule has 1 N–H and O–H groups in total. The molecular formula is C7H16O2. The highest BCUT2D eigenvalue weighted by Crippen LogP contribution is 2.09. The molecular weight excluding hydrogens is 116 g/mol. The maximum atomic E-state index is 8.72. The highest BCUT2D eigenvalue weighted by molar-refractivity contribution is 4.66. The Morgan fingerprint density at radius 2 is 1.89 bits per heavy atom. The molecule has 0 aromatic heterocycles. The predicted octanol–water partition coefficient (Wildman–Crippen LogP) is 1.18. The van der Waals surface area contributed by atoms with E-state index in [0.29, 0.717) is 0 Å². The van der Waals surface area contributed by atoms with Crippen molar-refractivity contribution >= 4 is 0 Å². The standard InChI is InChI=1S/C7H16O2/c1-6(2)9-7(3,4)5-8/h6,8H,5H2,1-4H3. The third kappa shape index (κ3) is 4.43. The largest absolute Gasteiger partial charge is 0.393 e. The lowest BCUT2D eigenvalue weighted by Gasteiger charge is -2.24. The lowest BCUT2D eigenvalue weighted by Crippen LogP contribution is -2.31. The lowest BCUT2D eigenvalue weighted by atomic mass is 10.1. The van der Waals surface area contributed by atoms with Gasteiger partial charge in [0, 0.05) is 0 Å². The fourth-order valence-electron chi connectivity index (χ4n) is 0.675. The van der Waals surface area contributed by atoms with Crippen LogP contribution in [0.25, 0.3) is 0 Å². The zero-order valence-electron chi connectivity index (χ0n) is 6.64. The number of ether oxygens (including phenoxy) is 1. The Kier molecular flexibility index (Phi) is 3.15. The minimum absolute atomic E-state index is 0.0746. The molecule has 0 radical (unpaired) electrons. The minimum atomic E-state index is -0.381. The van der Waals surface area contributed by atoms with Crippen molar-refractivity contribution in [2.45, 2.75) is 39.4 Å². The molecule has 56 valence electrons. The fraction of sp³-hybridized carbons (Fsp3) is 1.00. The molecule has 0 saturated carbocycles. The second kappa shape index (κ2) is 3.18. The smallest absolute Gasteiger partial charge is 0.0859 e. The molecule has 0 unspecified atom stereocenters. The van der Waals surface area contributed by atoms with E-state index in [9.17, 15) is 0 Å². The first-order valence-electron chi connectivity index (χ1n) is 3.26. The van der Waals surface area contributed by atoms with Gasteiger partial charge in [-0.25, -0.2) is 0 Å². The zero-order valence-corrected chi connectivity index (χ0v) is 6.64. The Labute approximate surface area is 56.8 Å². The normalized spacial score (nSPS) is 12.7. The van der Waals surface area contributed by atoms with Gasteiger partial charge in [-0.3, -0.25) is 0 Å². The Balaban J connectivity index is 3.58. The number of hydrogen-bond acceptors (Lipinski definition) is 2. The summed E-state index contributed by atoms with van der Waals surface area (Å²) in [5, 5.41) is 8.72. The van der Waals surface area contributed by atoms with Crippen LogP contribution in [0.2, 0.25) is 0 Å². The van der Waals surface area contributed by atoms with Crippen LogP contribution in [0.5, 0.6) is 0 Å². The van der Waals surface area contributed by atoms with Crippen LogP contribution in [-0.4, -0.2) is 23.4 Å². The zero-order chi connectivity index (χ0) is 7.49. The van der Waals surface area contributed by atoms with Crippen molar-refractivity contribution in [2.75, 3.05) is 6.61 Å². The van der Waals surface area contributed by atoms with E-state index in [1.54, 1.807) is 0 Å². The van der Waals surface area contributed by atoms with Crippen LogP contribution < -0.4 is 0 Å². The molecule has 2 heteroatoms. The van der Waals surface area contributed by atoms with Crippen LogP contribution in [0.15, 0.2) is 0 Å². The van der Waals surface area contributed by atoms with E-state index in [2.05, 4.69) is 0 Å². The first-order valence-corrected chi connectivity index (χ1v) is 3.26. The van der Waals surface area contributed by atoms with Gasteiger partial charge in [-0.05, 0) is 27.7 Å². The average molecular weight is 132 g/mol. The Morgan fingerprint density at radius 1 is 1.44 bits per heavy atom. The van der Waals surface area contributed by atoms with E-state index in [4.69, 9.17) is 9.84 Å². The molecule has 0 aliphatic heterocycles. The van der Waals surface area contributed by atoms with E-state index in [0.717, 1.165) is 0 Å². The van der Waals surface area contributed by atoms with Gasteiger partial charge in [0.25, 0.3) is 0 Å². The van der Waals surface area contributed by atoms with Gasteiger partial charge >= 0.3 is 0 Å². The summed E-state index contributed by atoms with van der Waals surface area (Å²) in [7, 11) is 0. The molecule has 0 saturated heterocycles. The highest BCUT2D eigenvalue weighted by atomic mass is 16.5. The second-order valence-electron chi connectivity index (χ2n) is 3.08. The maximum absolute atomic E-state index is 8.72. The quantitative estimate of drug-likeness (QED) is 0.625. The maximum Gasteiger partial charge on any atom is 0.0859 e. The van der Waals surface area contributed by atoms with Crippen LogP contribution >= 0.6 is 0 Å². The molecule has 0 aromatic carbocycles. The van der Waals surface area contributed by atoms with Gasteiger partial charge in [0.15, 0.2) is 0 Å². The third-order valence-corrected chi connectivity index (χ3v) is 0.936. The molecule has 0 atom stereocenters. The van der Waals surface area contributed by atoms with Crippen molar-refractivity contribution in [1.29, 1.82) is 0 Å². The molecule has 0 aromatic rings. The van der Waals surface area contributed by atoms with Crippen molar-refractivity contribution in [3.8, 4) is 0 Å². The van der Waals surface area contributed by atoms with E-state index >= 15 is 0 Å². The van der Waals surface area contributed by atoms with Crippen molar-refractivity contribution in [3.63, 3.8) is 0 Å². The van der Waals surface area contributed by atoms with Gasteiger partial charge < -0.3 is 9.84 Å². The van der Waals surface area contributed by atoms with Crippen LogP contribution in [-0.2, 0) is 4.74 Å². The Bertz CT molecular complexity index is 77.0. The Hall–Kier alpha value is -0.0800. The molecule has 0 aliphatic rings. The highest BCUT2D eigenvalue weighted by Gasteiger charge is 2.17. The molecule has 2 nitrogen and oxygen atoms in total. The second-order valence-corrected chi connectivity index (χ2v) is 3.08.